The molecule has 0 aliphatic heterocycles. The van der Waals surface area contributed by atoms with Crippen molar-refractivity contribution in [3.63, 3.8) is 0 Å². The highest BCUT2D eigenvalue weighted by Gasteiger charge is 2.21. The Morgan fingerprint density at radius 1 is 1.10 bits per heavy atom. The molecule has 1 aliphatic carbocycles. The van der Waals surface area contributed by atoms with E-state index in [0.29, 0.717) is 11.8 Å². The van der Waals surface area contributed by atoms with Gasteiger partial charge in [-0.3, -0.25) is 0 Å². The van der Waals surface area contributed by atoms with Gasteiger partial charge >= 0.3 is 6.16 Å². The molecule has 0 spiro atoms. The lowest BCUT2D eigenvalue weighted by Crippen LogP contribution is -2.15. The van der Waals surface area contributed by atoms with Crippen LogP contribution in [-0.2, 0) is 6.42 Å². The smallest absolute Gasteiger partial charge is 0.449 e. The van der Waals surface area contributed by atoms with E-state index in [0.717, 1.165) is 42.8 Å². The number of aromatic nitrogens is 2. The van der Waals surface area contributed by atoms with Gasteiger partial charge < -0.3 is 19.7 Å². The van der Waals surface area contributed by atoms with E-state index in [1.54, 1.807) is 12.1 Å². The van der Waals surface area contributed by atoms with Crippen LogP contribution in [-0.4, -0.2) is 27.4 Å². The van der Waals surface area contributed by atoms with E-state index in [9.17, 15) is 4.79 Å². The van der Waals surface area contributed by atoms with Gasteiger partial charge in [0.25, 0.3) is 0 Å². The zero-order valence-electron chi connectivity index (χ0n) is 16.5. The standard InChI is InChI=1S/C23H27N3O3/c27-23(28)29-19-12-13-21-20(16-19)25-22(24-15-14-17-8-4-3-5-9-17)26(21)18-10-6-1-2-7-11-18/h3-5,8-9,12-13,16,18H,1-2,6-7,10-11,14-15H2,(H,24,25)(H,27,28). The Labute approximate surface area is 170 Å². The molecule has 0 bridgehead atoms. The van der Waals surface area contributed by atoms with Gasteiger partial charge in [-0.1, -0.05) is 56.0 Å². The van der Waals surface area contributed by atoms with Crippen LogP contribution in [0.5, 0.6) is 5.75 Å². The summed E-state index contributed by atoms with van der Waals surface area (Å²) in [5, 5.41) is 12.4. The van der Waals surface area contributed by atoms with Gasteiger partial charge in [-0.25, -0.2) is 9.78 Å². The van der Waals surface area contributed by atoms with E-state index in [2.05, 4.69) is 34.1 Å². The summed E-state index contributed by atoms with van der Waals surface area (Å²) in [6, 6.07) is 16.1. The monoisotopic (exact) mass is 393 g/mol. The number of hydrogen-bond acceptors (Lipinski definition) is 4. The topological polar surface area (TPSA) is 76.4 Å². The predicted octanol–water partition coefficient (Wildman–Crippen LogP) is 5.64. The largest absolute Gasteiger partial charge is 0.511 e. The molecule has 0 unspecified atom stereocenters. The van der Waals surface area contributed by atoms with E-state index >= 15 is 0 Å². The van der Waals surface area contributed by atoms with Gasteiger partial charge in [-0.15, -0.1) is 0 Å². The minimum absolute atomic E-state index is 0.298. The van der Waals surface area contributed by atoms with Crippen LogP contribution < -0.4 is 10.1 Å². The van der Waals surface area contributed by atoms with Gasteiger partial charge in [0.15, 0.2) is 0 Å². The Balaban J connectivity index is 1.62. The maximum atomic E-state index is 10.9. The number of carbonyl (C=O) groups is 1. The highest BCUT2D eigenvalue weighted by molar-refractivity contribution is 5.81. The van der Waals surface area contributed by atoms with Crippen molar-refractivity contribution in [3.05, 3.63) is 54.1 Å². The molecule has 1 heterocycles. The molecule has 6 nitrogen and oxygen atoms in total. The van der Waals surface area contributed by atoms with Crippen molar-refractivity contribution in [2.75, 3.05) is 11.9 Å². The van der Waals surface area contributed by atoms with Crippen LogP contribution in [0.4, 0.5) is 10.7 Å². The molecular formula is C23H27N3O3. The first-order valence-electron chi connectivity index (χ1n) is 10.4. The second kappa shape index (κ2) is 8.99. The third-order valence-corrected chi connectivity index (χ3v) is 5.60. The minimum Gasteiger partial charge on any atom is -0.449 e. The molecule has 4 rings (SSSR count). The Kier molecular flexibility index (Phi) is 5.98. The number of ether oxygens (including phenoxy) is 1. The van der Waals surface area contributed by atoms with Crippen molar-refractivity contribution >= 4 is 23.1 Å². The first-order chi connectivity index (χ1) is 14.2. The molecule has 0 radical (unpaired) electrons. The molecule has 1 aromatic heterocycles. The molecule has 1 saturated carbocycles. The zero-order chi connectivity index (χ0) is 20.1. The van der Waals surface area contributed by atoms with Crippen molar-refractivity contribution in [1.29, 1.82) is 0 Å². The van der Waals surface area contributed by atoms with E-state index in [4.69, 9.17) is 14.8 Å². The van der Waals surface area contributed by atoms with Gasteiger partial charge in [-0.2, -0.15) is 0 Å². The highest BCUT2D eigenvalue weighted by atomic mass is 16.7. The lowest BCUT2D eigenvalue weighted by molar-refractivity contribution is 0.144. The van der Waals surface area contributed by atoms with Crippen LogP contribution in [0, 0.1) is 0 Å². The van der Waals surface area contributed by atoms with E-state index in [1.807, 2.05) is 12.1 Å². The minimum atomic E-state index is -1.31. The van der Waals surface area contributed by atoms with Crippen LogP contribution in [0.25, 0.3) is 11.0 Å². The Morgan fingerprint density at radius 3 is 2.59 bits per heavy atom. The number of nitrogens with zero attached hydrogens (tertiary/aromatic N) is 2. The predicted molar refractivity (Wildman–Crippen MR) is 114 cm³/mol. The quantitative estimate of drug-likeness (QED) is 0.322. The number of hydrogen-bond donors (Lipinski definition) is 2. The summed E-state index contributed by atoms with van der Waals surface area (Å²) < 4.78 is 7.14. The van der Waals surface area contributed by atoms with Crippen LogP contribution >= 0.6 is 0 Å². The third-order valence-electron chi connectivity index (χ3n) is 5.60. The fourth-order valence-electron chi connectivity index (χ4n) is 4.22. The molecule has 29 heavy (non-hydrogen) atoms. The molecule has 0 amide bonds. The summed E-state index contributed by atoms with van der Waals surface area (Å²) in [5.41, 5.74) is 3.07. The Bertz CT molecular complexity index is 960. The van der Waals surface area contributed by atoms with Crippen LogP contribution in [0.2, 0.25) is 0 Å². The summed E-state index contributed by atoms with van der Waals surface area (Å²) in [6.07, 6.45) is 6.93. The molecule has 3 aromatic rings. The van der Waals surface area contributed by atoms with Gasteiger partial charge in [0.2, 0.25) is 5.95 Å². The molecule has 1 fully saturated rings. The fraction of sp³-hybridized carbons (Fsp3) is 0.391. The van der Waals surface area contributed by atoms with Crippen molar-refractivity contribution in [2.24, 2.45) is 0 Å². The molecule has 1 aliphatic rings. The summed E-state index contributed by atoms with van der Waals surface area (Å²) >= 11 is 0. The number of anilines is 1. The average Bonchev–Trinajstić information content (AvgIpc) is 2.88. The van der Waals surface area contributed by atoms with Crippen molar-refractivity contribution in [1.82, 2.24) is 9.55 Å². The molecule has 2 aromatic carbocycles. The van der Waals surface area contributed by atoms with Gasteiger partial charge in [0.05, 0.1) is 11.0 Å². The number of nitrogens with one attached hydrogen (secondary N) is 1. The second-order valence-corrected chi connectivity index (χ2v) is 7.63. The van der Waals surface area contributed by atoms with Gasteiger partial charge in [-0.05, 0) is 37.0 Å². The van der Waals surface area contributed by atoms with E-state index in [-0.39, 0.29) is 0 Å². The zero-order valence-corrected chi connectivity index (χ0v) is 16.5. The number of rotatable bonds is 6. The highest BCUT2D eigenvalue weighted by Crippen LogP contribution is 2.34. The number of fused-ring (bicyclic) bond motifs is 1. The summed E-state index contributed by atoms with van der Waals surface area (Å²) in [6.45, 7) is 0.790. The number of imidazole rings is 1. The van der Waals surface area contributed by atoms with Crippen LogP contribution in [0.15, 0.2) is 48.5 Å². The van der Waals surface area contributed by atoms with Gasteiger partial charge in [0, 0.05) is 18.7 Å². The summed E-state index contributed by atoms with van der Waals surface area (Å²) in [4.78, 5) is 15.7. The van der Waals surface area contributed by atoms with Crippen LogP contribution in [0.1, 0.15) is 50.1 Å². The van der Waals surface area contributed by atoms with Crippen molar-refractivity contribution in [2.45, 2.75) is 51.0 Å². The first-order valence-corrected chi connectivity index (χ1v) is 10.4. The molecule has 152 valence electrons. The third kappa shape index (κ3) is 4.70. The normalized spacial score (nSPS) is 15.2. The lowest BCUT2D eigenvalue weighted by atomic mass is 10.1. The average molecular weight is 393 g/mol. The Hall–Kier alpha value is -3.02. The number of benzene rings is 2. The first kappa shape index (κ1) is 19.3. The molecular weight excluding hydrogens is 366 g/mol. The number of carboxylic acid groups (broad SMARTS) is 1. The molecule has 2 N–H and O–H groups in total. The Morgan fingerprint density at radius 2 is 1.86 bits per heavy atom. The summed E-state index contributed by atoms with van der Waals surface area (Å²) in [7, 11) is 0. The second-order valence-electron chi connectivity index (χ2n) is 7.63. The van der Waals surface area contributed by atoms with Gasteiger partial charge in [0.1, 0.15) is 5.75 Å². The maximum Gasteiger partial charge on any atom is 0.511 e. The van der Waals surface area contributed by atoms with Crippen molar-refractivity contribution < 1.29 is 14.6 Å². The van der Waals surface area contributed by atoms with E-state index < -0.39 is 6.16 Å². The fourth-order valence-corrected chi connectivity index (χ4v) is 4.22. The molecule has 0 saturated heterocycles. The summed E-state index contributed by atoms with van der Waals surface area (Å²) in [5.74, 6) is 1.15. The van der Waals surface area contributed by atoms with E-state index in [1.165, 1.54) is 31.2 Å². The molecule has 0 atom stereocenters. The maximum absolute atomic E-state index is 10.9. The molecule has 6 heteroatoms. The lowest BCUT2D eigenvalue weighted by Gasteiger charge is -2.20. The van der Waals surface area contributed by atoms with Crippen molar-refractivity contribution in [3.8, 4) is 5.75 Å². The van der Waals surface area contributed by atoms with Crippen LogP contribution in [0.3, 0.4) is 0 Å². The SMILES string of the molecule is O=C(O)Oc1ccc2c(c1)nc(NCCc1ccccc1)n2C1CCCCCC1.